The molecule has 14 heavy (non-hydrogen) atoms. The Morgan fingerprint density at radius 3 is 2.64 bits per heavy atom. The second-order valence-electron chi connectivity index (χ2n) is 5.20. The Balaban J connectivity index is 2.45. The minimum Gasteiger partial charge on any atom is -0.326 e. The van der Waals surface area contributed by atoms with Crippen molar-refractivity contribution in [2.24, 2.45) is 5.41 Å². The average molecular weight is 198 g/mol. The van der Waals surface area contributed by atoms with Gasteiger partial charge >= 0.3 is 0 Å². The third-order valence-electron chi connectivity index (χ3n) is 2.67. The van der Waals surface area contributed by atoms with Crippen molar-refractivity contribution in [1.82, 2.24) is 10.2 Å². The van der Waals surface area contributed by atoms with Crippen molar-refractivity contribution >= 4 is 5.91 Å². The maximum absolute atomic E-state index is 11.5. The number of carbonyl (C=O) groups excluding carboxylic acids is 1. The van der Waals surface area contributed by atoms with Gasteiger partial charge in [-0.2, -0.15) is 0 Å². The summed E-state index contributed by atoms with van der Waals surface area (Å²) in [4.78, 5) is 13.5. The third kappa shape index (κ3) is 2.98. The first-order valence-electron chi connectivity index (χ1n) is 5.47. The van der Waals surface area contributed by atoms with Crippen LogP contribution in [0, 0.1) is 5.41 Å². The molecule has 1 atom stereocenters. The van der Waals surface area contributed by atoms with Gasteiger partial charge in [0.2, 0.25) is 5.91 Å². The fraction of sp³-hybridized carbons (Fsp3) is 0.909. The van der Waals surface area contributed by atoms with Crippen molar-refractivity contribution < 1.29 is 4.79 Å². The van der Waals surface area contributed by atoms with Gasteiger partial charge < -0.3 is 4.90 Å². The van der Waals surface area contributed by atoms with Crippen molar-refractivity contribution in [1.29, 1.82) is 0 Å². The highest BCUT2D eigenvalue weighted by atomic mass is 16.2. The van der Waals surface area contributed by atoms with E-state index in [-0.39, 0.29) is 12.1 Å². The van der Waals surface area contributed by atoms with Crippen LogP contribution in [-0.2, 0) is 4.79 Å². The van der Waals surface area contributed by atoms with Crippen LogP contribution >= 0.6 is 0 Å². The fourth-order valence-corrected chi connectivity index (χ4v) is 1.69. The van der Waals surface area contributed by atoms with Gasteiger partial charge in [-0.05, 0) is 18.3 Å². The number of hydrogen-bond acceptors (Lipinski definition) is 2. The summed E-state index contributed by atoms with van der Waals surface area (Å²) in [5, 5.41) is 3.22. The molecule has 0 saturated carbocycles. The van der Waals surface area contributed by atoms with Crippen LogP contribution in [0.5, 0.6) is 0 Å². The van der Waals surface area contributed by atoms with Crippen molar-refractivity contribution in [3.63, 3.8) is 0 Å². The topological polar surface area (TPSA) is 32.3 Å². The van der Waals surface area contributed by atoms with Crippen LogP contribution in [0.3, 0.4) is 0 Å². The lowest BCUT2D eigenvalue weighted by molar-refractivity contribution is -0.128. The Bertz CT molecular complexity index is 208. The van der Waals surface area contributed by atoms with Crippen LogP contribution in [0.25, 0.3) is 0 Å². The minimum atomic E-state index is 0.251. The summed E-state index contributed by atoms with van der Waals surface area (Å²) in [7, 11) is 0. The molecule has 0 aliphatic carbocycles. The summed E-state index contributed by atoms with van der Waals surface area (Å²) in [5.74, 6) is 0.251. The summed E-state index contributed by atoms with van der Waals surface area (Å²) in [6.07, 6.45) is 2.33. The first kappa shape index (κ1) is 11.5. The lowest BCUT2D eigenvalue weighted by atomic mass is 9.92. The number of nitrogens with zero attached hydrogens (tertiary/aromatic N) is 1. The van der Waals surface area contributed by atoms with E-state index in [0.29, 0.717) is 12.0 Å². The number of carbonyl (C=O) groups is 1. The molecule has 3 nitrogen and oxygen atoms in total. The molecule has 82 valence electrons. The summed E-state index contributed by atoms with van der Waals surface area (Å²) in [5.41, 5.74) is 0.307. The second kappa shape index (κ2) is 4.30. The third-order valence-corrected chi connectivity index (χ3v) is 2.67. The summed E-state index contributed by atoms with van der Waals surface area (Å²) >= 11 is 0. The van der Waals surface area contributed by atoms with Crippen LogP contribution in [0.1, 0.15) is 40.5 Å². The largest absolute Gasteiger partial charge is 0.326 e. The van der Waals surface area contributed by atoms with Crippen LogP contribution in [-0.4, -0.2) is 30.1 Å². The first-order valence-corrected chi connectivity index (χ1v) is 5.47. The molecule has 0 aromatic carbocycles. The Hall–Kier alpha value is -0.570. The highest BCUT2D eigenvalue weighted by molar-refractivity contribution is 5.80. The standard InChI is InChI=1S/C11H22N2O/c1-5-9-12-8-10(14)13(9)7-6-11(2,3)4/h9,12H,5-8H2,1-4H3. The van der Waals surface area contributed by atoms with Gasteiger partial charge in [0.25, 0.3) is 0 Å². The van der Waals surface area contributed by atoms with Crippen LogP contribution in [0.15, 0.2) is 0 Å². The average Bonchev–Trinajstić information content (AvgIpc) is 2.41. The molecule has 1 N–H and O–H groups in total. The Kier molecular flexibility index (Phi) is 3.53. The molecule has 1 saturated heterocycles. The molecule has 1 fully saturated rings. The molecule has 3 heteroatoms. The van der Waals surface area contributed by atoms with Crippen molar-refractivity contribution in [2.45, 2.75) is 46.7 Å². The zero-order valence-corrected chi connectivity index (χ0v) is 9.76. The Labute approximate surface area is 86.9 Å². The number of nitrogens with one attached hydrogen (secondary N) is 1. The maximum atomic E-state index is 11.5. The van der Waals surface area contributed by atoms with Gasteiger partial charge in [-0.25, -0.2) is 0 Å². The van der Waals surface area contributed by atoms with Crippen LogP contribution in [0.4, 0.5) is 0 Å². The minimum absolute atomic E-state index is 0.251. The van der Waals surface area contributed by atoms with E-state index in [1.807, 2.05) is 4.90 Å². The Morgan fingerprint density at radius 2 is 2.14 bits per heavy atom. The van der Waals surface area contributed by atoms with E-state index in [1.165, 1.54) is 0 Å². The normalized spacial score (nSPS) is 23.3. The molecule has 1 unspecified atom stereocenters. The predicted octanol–water partition coefficient (Wildman–Crippen LogP) is 1.59. The molecule has 0 radical (unpaired) electrons. The van der Waals surface area contributed by atoms with E-state index in [9.17, 15) is 4.79 Å². The van der Waals surface area contributed by atoms with Crippen molar-refractivity contribution in [3.05, 3.63) is 0 Å². The lowest BCUT2D eigenvalue weighted by Gasteiger charge is -2.27. The van der Waals surface area contributed by atoms with E-state index >= 15 is 0 Å². The lowest BCUT2D eigenvalue weighted by Crippen LogP contribution is -2.38. The Morgan fingerprint density at radius 1 is 1.50 bits per heavy atom. The van der Waals surface area contributed by atoms with Gasteiger partial charge in [0, 0.05) is 6.54 Å². The van der Waals surface area contributed by atoms with Gasteiger partial charge in [-0.1, -0.05) is 27.7 Å². The second-order valence-corrected chi connectivity index (χ2v) is 5.20. The fourth-order valence-electron chi connectivity index (χ4n) is 1.69. The van der Waals surface area contributed by atoms with E-state index in [2.05, 4.69) is 33.0 Å². The zero-order valence-electron chi connectivity index (χ0n) is 9.76. The monoisotopic (exact) mass is 198 g/mol. The molecule has 1 amide bonds. The van der Waals surface area contributed by atoms with Crippen molar-refractivity contribution in [2.75, 3.05) is 13.1 Å². The van der Waals surface area contributed by atoms with Crippen molar-refractivity contribution in [3.8, 4) is 0 Å². The van der Waals surface area contributed by atoms with Crippen LogP contribution < -0.4 is 5.32 Å². The number of rotatable bonds is 3. The van der Waals surface area contributed by atoms with Gasteiger partial charge in [0.05, 0.1) is 12.7 Å². The molecule has 0 aromatic rings. The van der Waals surface area contributed by atoms with Gasteiger partial charge in [-0.15, -0.1) is 0 Å². The van der Waals surface area contributed by atoms with Crippen LogP contribution in [0.2, 0.25) is 0 Å². The molecular weight excluding hydrogens is 176 g/mol. The molecule has 1 aliphatic heterocycles. The number of hydrogen-bond donors (Lipinski definition) is 1. The molecule has 1 rings (SSSR count). The van der Waals surface area contributed by atoms with E-state index < -0.39 is 0 Å². The van der Waals surface area contributed by atoms with E-state index in [0.717, 1.165) is 19.4 Å². The summed E-state index contributed by atoms with van der Waals surface area (Å²) in [6.45, 7) is 10.1. The maximum Gasteiger partial charge on any atom is 0.237 e. The molecular formula is C11H22N2O. The highest BCUT2D eigenvalue weighted by Crippen LogP contribution is 2.20. The van der Waals surface area contributed by atoms with Gasteiger partial charge in [-0.3, -0.25) is 10.1 Å². The molecule has 1 aliphatic rings. The quantitative estimate of drug-likeness (QED) is 0.747. The van der Waals surface area contributed by atoms with E-state index in [1.54, 1.807) is 0 Å². The zero-order chi connectivity index (χ0) is 10.8. The van der Waals surface area contributed by atoms with Gasteiger partial charge in [0.15, 0.2) is 0 Å². The van der Waals surface area contributed by atoms with Gasteiger partial charge in [0.1, 0.15) is 0 Å². The molecule has 1 heterocycles. The molecule has 0 aromatic heterocycles. The number of amides is 1. The predicted molar refractivity (Wildman–Crippen MR) is 57.9 cm³/mol. The molecule has 0 spiro atoms. The summed E-state index contributed by atoms with van der Waals surface area (Å²) < 4.78 is 0. The summed E-state index contributed by atoms with van der Waals surface area (Å²) in [6, 6.07) is 0. The molecule has 0 bridgehead atoms. The first-order chi connectivity index (χ1) is 6.44. The SMILES string of the molecule is CCC1NCC(=O)N1CCC(C)(C)C. The highest BCUT2D eigenvalue weighted by Gasteiger charge is 2.29. The van der Waals surface area contributed by atoms with E-state index in [4.69, 9.17) is 0 Å². The smallest absolute Gasteiger partial charge is 0.237 e.